The van der Waals surface area contributed by atoms with Gasteiger partial charge < -0.3 is 11.1 Å². The summed E-state index contributed by atoms with van der Waals surface area (Å²) in [5.41, 5.74) is 8.91. The van der Waals surface area contributed by atoms with Crippen molar-refractivity contribution in [3.05, 3.63) is 76.5 Å². The summed E-state index contributed by atoms with van der Waals surface area (Å²) in [5, 5.41) is 2.56. The zero-order valence-electron chi connectivity index (χ0n) is 18.4. The summed E-state index contributed by atoms with van der Waals surface area (Å²) in [5.74, 6) is -6.92. The minimum Gasteiger partial charge on any atom is -0.667 e. The summed E-state index contributed by atoms with van der Waals surface area (Å²) in [7, 11) is 2.27. The Bertz CT molecular complexity index is 929. The Kier molecular flexibility index (Phi) is 11.3. The van der Waals surface area contributed by atoms with Gasteiger partial charge in [-0.1, -0.05) is 54.6 Å². The Morgan fingerprint density at radius 2 is 1.27 bits per heavy atom. The van der Waals surface area contributed by atoms with Gasteiger partial charge in [-0.15, -0.1) is 9.24 Å². The van der Waals surface area contributed by atoms with Crippen molar-refractivity contribution in [2.45, 2.75) is 50.6 Å². The fourth-order valence-corrected chi connectivity index (χ4v) is 3.38. The topological polar surface area (TPSA) is 70.0 Å². The number of carbonyl (C=O) groups is 2. The third-order valence-electron chi connectivity index (χ3n) is 5.02. The summed E-state index contributed by atoms with van der Waals surface area (Å²) in [6.07, 6.45) is 0.163. The van der Waals surface area contributed by atoms with Crippen molar-refractivity contribution in [3.63, 3.8) is 0 Å². The van der Waals surface area contributed by atoms with E-state index in [2.05, 4.69) is 14.6 Å². The minimum atomic E-state index is -2.98. The van der Waals surface area contributed by atoms with Gasteiger partial charge in [-0.05, 0) is 24.0 Å². The van der Waals surface area contributed by atoms with E-state index in [0.29, 0.717) is 11.1 Å². The van der Waals surface area contributed by atoms with Crippen LogP contribution in [-0.2, 0) is 67.0 Å². The van der Waals surface area contributed by atoms with Crippen molar-refractivity contribution in [2.75, 3.05) is 6.16 Å². The van der Waals surface area contributed by atoms with Crippen LogP contribution in [0.5, 0.6) is 0 Å². The molecule has 2 aromatic rings. The molecule has 3 atom stereocenters. The first-order valence-corrected chi connectivity index (χ1v) is 10.8. The number of hydrogen-bond acceptors (Lipinski definition) is 2. The van der Waals surface area contributed by atoms with Crippen molar-refractivity contribution in [1.29, 1.82) is 0 Å². The number of halogens is 4. The average molecular weight is 558 g/mol. The second-order valence-electron chi connectivity index (χ2n) is 7.86. The number of ketones is 1. The molecule has 33 heavy (non-hydrogen) atoms. The molecule has 1 unspecified atom stereocenters. The number of carbonyl (C=O) groups excluding carboxylic acids is 2. The molecule has 1 radical (unpaired) electrons. The van der Waals surface area contributed by atoms with Gasteiger partial charge >= 0.3 is 0 Å². The van der Waals surface area contributed by atoms with Gasteiger partial charge in [-0.3, -0.25) is 9.59 Å². The van der Waals surface area contributed by atoms with E-state index in [1.165, 1.54) is 48.5 Å². The average Bonchev–Trinajstić information content (AvgIpc) is 2.72. The van der Waals surface area contributed by atoms with E-state index in [1.807, 2.05) is 0 Å². The SMILES string of the molecule is CC(F)(F)c1ccc(C[C@H](NC(=O)[C@@H]([NH-])Cc2ccc(C(C)(F)F)cc2)C(=O)CP)cc1.[Y]. The van der Waals surface area contributed by atoms with Crippen LogP contribution in [0.25, 0.3) is 5.73 Å². The van der Waals surface area contributed by atoms with Gasteiger partial charge in [-0.2, -0.15) is 0 Å². The van der Waals surface area contributed by atoms with Gasteiger partial charge in [0.2, 0.25) is 5.91 Å². The van der Waals surface area contributed by atoms with Gasteiger partial charge in [0, 0.05) is 63.8 Å². The number of Topliss-reactive ketones (excluding diaryl/α,β-unsaturated/α-hetero) is 1. The predicted molar refractivity (Wildman–Crippen MR) is 119 cm³/mol. The zero-order valence-corrected chi connectivity index (χ0v) is 22.4. The van der Waals surface area contributed by atoms with Crippen molar-refractivity contribution < 1.29 is 59.9 Å². The number of amides is 1. The van der Waals surface area contributed by atoms with Gasteiger partial charge in [0.1, 0.15) is 0 Å². The van der Waals surface area contributed by atoms with Crippen LogP contribution in [0, 0.1) is 0 Å². The Hall–Kier alpha value is -1.21. The van der Waals surface area contributed by atoms with E-state index in [4.69, 9.17) is 5.73 Å². The summed E-state index contributed by atoms with van der Waals surface area (Å²) in [4.78, 5) is 24.8. The first-order chi connectivity index (χ1) is 14.8. The molecule has 0 spiro atoms. The molecule has 1 amide bonds. The van der Waals surface area contributed by atoms with Crippen molar-refractivity contribution in [3.8, 4) is 0 Å². The Morgan fingerprint density at radius 1 is 0.879 bits per heavy atom. The Morgan fingerprint density at radius 3 is 1.64 bits per heavy atom. The quantitative estimate of drug-likeness (QED) is 0.328. The Labute approximate surface area is 218 Å². The van der Waals surface area contributed by atoms with Gasteiger partial charge in [0.25, 0.3) is 11.8 Å². The molecular formula is C23H26F4N2O2PY-. The smallest absolute Gasteiger partial charge is 0.270 e. The number of nitrogens with one attached hydrogen (secondary N) is 2. The maximum Gasteiger partial charge on any atom is 0.270 e. The Balaban J connectivity index is 0.00000544. The molecule has 2 aromatic carbocycles. The minimum absolute atomic E-state index is 0. The maximum atomic E-state index is 13.4. The maximum absolute atomic E-state index is 13.4. The van der Waals surface area contributed by atoms with Crippen LogP contribution in [0.15, 0.2) is 48.5 Å². The van der Waals surface area contributed by atoms with E-state index < -0.39 is 29.8 Å². The van der Waals surface area contributed by atoms with Crippen molar-refractivity contribution in [1.82, 2.24) is 5.32 Å². The van der Waals surface area contributed by atoms with E-state index >= 15 is 0 Å². The molecule has 2 N–H and O–H groups in total. The first-order valence-electron chi connectivity index (χ1n) is 10.00. The summed E-state index contributed by atoms with van der Waals surface area (Å²) >= 11 is 0. The van der Waals surface area contributed by atoms with Crippen LogP contribution in [0.3, 0.4) is 0 Å². The number of alkyl halides is 4. The van der Waals surface area contributed by atoms with E-state index in [-0.39, 0.29) is 68.6 Å². The van der Waals surface area contributed by atoms with Gasteiger partial charge in [-0.25, -0.2) is 17.6 Å². The number of benzene rings is 2. The molecule has 0 aromatic heterocycles. The van der Waals surface area contributed by atoms with Crippen LogP contribution in [0.1, 0.15) is 36.1 Å². The van der Waals surface area contributed by atoms with E-state index in [0.717, 1.165) is 13.8 Å². The van der Waals surface area contributed by atoms with E-state index in [9.17, 15) is 27.2 Å². The first kappa shape index (κ1) is 29.8. The third kappa shape index (κ3) is 9.16. The molecule has 177 valence electrons. The van der Waals surface area contributed by atoms with Gasteiger partial charge in [0.05, 0.1) is 6.04 Å². The van der Waals surface area contributed by atoms with Crippen LogP contribution < -0.4 is 5.32 Å². The second-order valence-corrected chi connectivity index (χ2v) is 8.27. The molecule has 2 rings (SSSR count). The standard InChI is InChI=1S/C23H26F4N2O2P.Y/c1-22(24,25)16-7-3-14(4-8-16)11-18(28)21(31)29-19(20(30)13-32)12-15-5-9-17(10-6-15)23(2,26)27;/h3-10,18-19,28H,11-13,32H2,1-2H3,(H,29,31);/q-1;/t18-,19-;/m0./s1. The zero-order chi connectivity index (χ0) is 24.1. The second kappa shape index (κ2) is 12.5. The predicted octanol–water partition coefficient (Wildman–Crippen LogP) is 5.04. The molecule has 0 heterocycles. The van der Waals surface area contributed by atoms with Gasteiger partial charge in [0.15, 0.2) is 5.78 Å². The summed E-state index contributed by atoms with van der Waals surface area (Å²) in [6.45, 7) is 1.58. The summed E-state index contributed by atoms with van der Waals surface area (Å²) < 4.78 is 53.4. The van der Waals surface area contributed by atoms with Crippen LogP contribution >= 0.6 is 9.24 Å². The molecule has 0 saturated heterocycles. The van der Waals surface area contributed by atoms with Crippen LogP contribution in [0.4, 0.5) is 17.6 Å². The van der Waals surface area contributed by atoms with Crippen molar-refractivity contribution in [2.24, 2.45) is 0 Å². The molecule has 0 aliphatic carbocycles. The molecule has 4 nitrogen and oxygen atoms in total. The molecule has 10 heteroatoms. The molecule has 0 bridgehead atoms. The van der Waals surface area contributed by atoms with Crippen LogP contribution in [-0.4, -0.2) is 29.9 Å². The third-order valence-corrected chi connectivity index (χ3v) is 5.43. The normalized spacial score (nSPS) is 13.6. The largest absolute Gasteiger partial charge is 0.667 e. The molecule has 0 saturated carbocycles. The molecular weight excluding hydrogens is 532 g/mol. The van der Waals surface area contributed by atoms with Crippen molar-refractivity contribution >= 4 is 20.9 Å². The number of hydrogen-bond donors (Lipinski definition) is 1. The van der Waals surface area contributed by atoms with E-state index in [1.54, 1.807) is 0 Å². The number of rotatable bonds is 10. The fraction of sp³-hybridized carbons (Fsp3) is 0.391. The molecule has 0 fully saturated rings. The summed E-state index contributed by atoms with van der Waals surface area (Å²) in [6, 6.07) is 8.73. The van der Waals surface area contributed by atoms with Crippen LogP contribution in [0.2, 0.25) is 0 Å². The molecule has 0 aliphatic rings. The molecule has 0 aliphatic heterocycles. The fourth-order valence-electron chi connectivity index (χ4n) is 3.09. The monoisotopic (exact) mass is 558 g/mol.